The fraction of sp³-hybridized carbons (Fsp3) is 0.217. The molecule has 0 heterocycles. The zero-order valence-electron chi connectivity index (χ0n) is 15.7. The quantitative estimate of drug-likeness (QED) is 0.534. The molecule has 4 nitrogen and oxygen atoms in total. The van der Waals surface area contributed by atoms with E-state index in [9.17, 15) is 5.11 Å². The first kappa shape index (κ1) is 18.6. The summed E-state index contributed by atoms with van der Waals surface area (Å²) >= 11 is 0. The van der Waals surface area contributed by atoms with Crippen LogP contribution in [-0.4, -0.2) is 11.7 Å². The Hall–Kier alpha value is -3.14. The van der Waals surface area contributed by atoms with Gasteiger partial charge in [-0.15, -0.1) is 0 Å². The number of anilines is 1. The minimum atomic E-state index is 0.259. The fourth-order valence-corrected chi connectivity index (χ4v) is 2.76. The SMILES string of the molecule is CCOc1cc(CNc2ccc(O)cc2)ccc1OCc1ccccc1C. The molecule has 0 unspecified atom stereocenters. The van der Waals surface area contributed by atoms with E-state index in [1.807, 2.05) is 49.4 Å². The zero-order chi connectivity index (χ0) is 19.1. The van der Waals surface area contributed by atoms with Gasteiger partial charge in [-0.25, -0.2) is 0 Å². The van der Waals surface area contributed by atoms with Crippen LogP contribution >= 0.6 is 0 Å². The number of phenolic OH excluding ortho intramolecular Hbond substituents is 1. The van der Waals surface area contributed by atoms with Gasteiger partial charge >= 0.3 is 0 Å². The first-order valence-corrected chi connectivity index (χ1v) is 9.11. The monoisotopic (exact) mass is 363 g/mol. The number of hydrogen-bond donors (Lipinski definition) is 2. The molecule has 2 N–H and O–H groups in total. The number of aryl methyl sites for hydroxylation is 1. The van der Waals surface area contributed by atoms with E-state index in [2.05, 4.69) is 24.4 Å². The van der Waals surface area contributed by atoms with Gasteiger partial charge in [-0.2, -0.15) is 0 Å². The van der Waals surface area contributed by atoms with Gasteiger partial charge < -0.3 is 19.9 Å². The lowest BCUT2D eigenvalue weighted by Gasteiger charge is -2.15. The van der Waals surface area contributed by atoms with Crippen LogP contribution in [0, 0.1) is 6.92 Å². The van der Waals surface area contributed by atoms with Gasteiger partial charge in [-0.05, 0) is 66.9 Å². The van der Waals surface area contributed by atoms with E-state index in [-0.39, 0.29) is 5.75 Å². The maximum atomic E-state index is 9.36. The summed E-state index contributed by atoms with van der Waals surface area (Å²) in [6.45, 7) is 5.79. The van der Waals surface area contributed by atoms with E-state index in [0.717, 1.165) is 28.3 Å². The van der Waals surface area contributed by atoms with Crippen LogP contribution < -0.4 is 14.8 Å². The highest BCUT2D eigenvalue weighted by Crippen LogP contribution is 2.30. The first-order chi connectivity index (χ1) is 13.2. The van der Waals surface area contributed by atoms with E-state index in [0.29, 0.717) is 19.8 Å². The molecule has 3 aromatic carbocycles. The van der Waals surface area contributed by atoms with Gasteiger partial charge in [0.2, 0.25) is 0 Å². The van der Waals surface area contributed by atoms with Crippen LogP contribution in [0.2, 0.25) is 0 Å². The van der Waals surface area contributed by atoms with E-state index in [1.165, 1.54) is 5.56 Å². The van der Waals surface area contributed by atoms with Crippen molar-refractivity contribution in [3.05, 3.63) is 83.4 Å². The Kier molecular flexibility index (Phi) is 6.21. The molecule has 0 aliphatic heterocycles. The third-order valence-electron chi connectivity index (χ3n) is 4.32. The number of hydrogen-bond acceptors (Lipinski definition) is 4. The van der Waals surface area contributed by atoms with E-state index in [1.54, 1.807) is 12.1 Å². The lowest BCUT2D eigenvalue weighted by Crippen LogP contribution is -2.03. The summed E-state index contributed by atoms with van der Waals surface area (Å²) < 4.78 is 11.8. The van der Waals surface area contributed by atoms with Gasteiger partial charge in [0.15, 0.2) is 11.5 Å². The molecule has 3 aromatic rings. The first-order valence-electron chi connectivity index (χ1n) is 9.11. The Morgan fingerprint density at radius 2 is 1.67 bits per heavy atom. The van der Waals surface area contributed by atoms with E-state index < -0.39 is 0 Å². The molecule has 0 spiro atoms. The largest absolute Gasteiger partial charge is 0.508 e. The summed E-state index contributed by atoms with van der Waals surface area (Å²) in [5.74, 6) is 1.75. The second-order valence-electron chi connectivity index (χ2n) is 6.33. The fourth-order valence-electron chi connectivity index (χ4n) is 2.76. The zero-order valence-corrected chi connectivity index (χ0v) is 15.7. The van der Waals surface area contributed by atoms with Gasteiger partial charge in [0.05, 0.1) is 6.61 Å². The second-order valence-corrected chi connectivity index (χ2v) is 6.33. The third-order valence-corrected chi connectivity index (χ3v) is 4.32. The third kappa shape index (κ3) is 5.17. The van der Waals surface area contributed by atoms with Crippen molar-refractivity contribution in [3.8, 4) is 17.2 Å². The molecule has 0 aliphatic carbocycles. The van der Waals surface area contributed by atoms with Crippen LogP contribution in [-0.2, 0) is 13.2 Å². The van der Waals surface area contributed by atoms with Crippen molar-refractivity contribution in [3.63, 3.8) is 0 Å². The van der Waals surface area contributed by atoms with Crippen molar-refractivity contribution >= 4 is 5.69 Å². The van der Waals surface area contributed by atoms with Crippen LogP contribution in [0.4, 0.5) is 5.69 Å². The molecule has 0 aliphatic rings. The predicted molar refractivity (Wildman–Crippen MR) is 109 cm³/mol. The number of rotatable bonds is 8. The van der Waals surface area contributed by atoms with Gasteiger partial charge in [0, 0.05) is 12.2 Å². The molecule has 0 aromatic heterocycles. The molecular formula is C23H25NO3. The Morgan fingerprint density at radius 1 is 0.889 bits per heavy atom. The Bertz CT molecular complexity index is 875. The standard InChI is InChI=1S/C23H25NO3/c1-3-26-23-14-18(15-24-20-9-11-21(25)12-10-20)8-13-22(23)27-16-19-7-5-4-6-17(19)2/h4-14,24-25H,3,15-16H2,1-2H3. The van der Waals surface area contributed by atoms with Crippen molar-refractivity contribution in [1.29, 1.82) is 0 Å². The van der Waals surface area contributed by atoms with Crippen LogP contribution in [0.15, 0.2) is 66.7 Å². The van der Waals surface area contributed by atoms with Crippen LogP contribution in [0.5, 0.6) is 17.2 Å². The molecule has 0 bridgehead atoms. The molecule has 0 amide bonds. The van der Waals surface area contributed by atoms with Crippen molar-refractivity contribution < 1.29 is 14.6 Å². The average Bonchev–Trinajstić information content (AvgIpc) is 2.68. The molecule has 140 valence electrons. The van der Waals surface area contributed by atoms with Crippen LogP contribution in [0.25, 0.3) is 0 Å². The summed E-state index contributed by atoms with van der Waals surface area (Å²) in [6, 6.07) is 21.2. The Balaban J connectivity index is 1.68. The molecule has 0 fully saturated rings. The highest BCUT2D eigenvalue weighted by molar-refractivity contribution is 5.48. The highest BCUT2D eigenvalue weighted by Gasteiger charge is 2.08. The minimum Gasteiger partial charge on any atom is -0.508 e. The van der Waals surface area contributed by atoms with Crippen molar-refractivity contribution in [1.82, 2.24) is 0 Å². The van der Waals surface area contributed by atoms with E-state index in [4.69, 9.17) is 9.47 Å². The second kappa shape index (κ2) is 8.99. The number of aromatic hydroxyl groups is 1. The molecule has 0 radical (unpaired) electrons. The summed E-state index contributed by atoms with van der Waals surface area (Å²) in [6.07, 6.45) is 0. The van der Waals surface area contributed by atoms with Crippen molar-refractivity contribution in [2.24, 2.45) is 0 Å². The van der Waals surface area contributed by atoms with E-state index >= 15 is 0 Å². The molecule has 0 atom stereocenters. The number of ether oxygens (including phenoxy) is 2. The maximum Gasteiger partial charge on any atom is 0.161 e. The van der Waals surface area contributed by atoms with Crippen LogP contribution in [0.3, 0.4) is 0 Å². The van der Waals surface area contributed by atoms with Gasteiger partial charge in [0.1, 0.15) is 12.4 Å². The molecule has 0 saturated carbocycles. The smallest absolute Gasteiger partial charge is 0.161 e. The summed E-state index contributed by atoms with van der Waals surface area (Å²) in [7, 11) is 0. The Morgan fingerprint density at radius 3 is 2.41 bits per heavy atom. The molecular weight excluding hydrogens is 338 g/mol. The molecule has 4 heteroatoms. The molecule has 3 rings (SSSR count). The molecule has 0 saturated heterocycles. The Labute approximate surface area is 160 Å². The predicted octanol–water partition coefficient (Wildman–Crippen LogP) is 5.29. The number of phenols is 1. The van der Waals surface area contributed by atoms with Gasteiger partial charge in [-0.1, -0.05) is 30.3 Å². The summed E-state index contributed by atoms with van der Waals surface area (Å²) in [5, 5.41) is 12.7. The van der Waals surface area contributed by atoms with Crippen LogP contribution in [0.1, 0.15) is 23.6 Å². The summed E-state index contributed by atoms with van der Waals surface area (Å²) in [5.41, 5.74) is 4.42. The lowest BCUT2D eigenvalue weighted by molar-refractivity contribution is 0.268. The van der Waals surface area contributed by atoms with Crippen molar-refractivity contribution in [2.45, 2.75) is 27.0 Å². The summed E-state index contributed by atoms with van der Waals surface area (Å²) in [4.78, 5) is 0. The normalized spacial score (nSPS) is 10.4. The van der Waals surface area contributed by atoms with Gasteiger partial charge in [-0.3, -0.25) is 0 Å². The maximum absolute atomic E-state index is 9.36. The lowest BCUT2D eigenvalue weighted by atomic mass is 10.1. The number of benzene rings is 3. The van der Waals surface area contributed by atoms with Gasteiger partial charge in [0.25, 0.3) is 0 Å². The number of nitrogens with one attached hydrogen (secondary N) is 1. The molecule has 27 heavy (non-hydrogen) atoms. The average molecular weight is 363 g/mol. The van der Waals surface area contributed by atoms with Crippen molar-refractivity contribution in [2.75, 3.05) is 11.9 Å². The minimum absolute atomic E-state index is 0.259. The topological polar surface area (TPSA) is 50.7 Å². The highest BCUT2D eigenvalue weighted by atomic mass is 16.5.